The number of aromatic nitrogens is 2. The van der Waals surface area contributed by atoms with Crippen LogP contribution < -0.4 is 5.32 Å². The molecule has 20 heavy (non-hydrogen) atoms. The predicted octanol–water partition coefficient (Wildman–Crippen LogP) is 3.51. The molecule has 0 saturated heterocycles. The zero-order valence-electron chi connectivity index (χ0n) is 12.2. The molecule has 0 aliphatic carbocycles. The molecule has 0 unspecified atom stereocenters. The lowest BCUT2D eigenvalue weighted by molar-refractivity contribution is 0.625. The Morgan fingerprint density at radius 2 is 2.00 bits per heavy atom. The first-order chi connectivity index (χ1) is 9.63. The van der Waals surface area contributed by atoms with Crippen LogP contribution in [0, 0.1) is 12.7 Å². The van der Waals surface area contributed by atoms with E-state index in [0.29, 0.717) is 6.42 Å². The number of hydrogen-bond acceptors (Lipinski definition) is 3. The molecule has 106 valence electrons. The summed E-state index contributed by atoms with van der Waals surface area (Å²) in [5.74, 6) is 1.39. The molecule has 0 atom stereocenters. The summed E-state index contributed by atoms with van der Waals surface area (Å²) < 4.78 is 13.2. The molecule has 0 radical (unpaired) electrons. The number of nitrogens with zero attached hydrogens (tertiary/aromatic N) is 2. The minimum absolute atomic E-state index is 0.226. The lowest BCUT2D eigenvalue weighted by Crippen LogP contribution is -2.10. The van der Waals surface area contributed by atoms with E-state index in [0.717, 1.165) is 41.4 Å². The van der Waals surface area contributed by atoms with Gasteiger partial charge in [0.2, 0.25) is 0 Å². The number of rotatable bonds is 5. The predicted molar refractivity (Wildman–Crippen MR) is 79.5 cm³/mol. The monoisotopic (exact) mass is 273 g/mol. The second kappa shape index (κ2) is 6.46. The van der Waals surface area contributed by atoms with Crippen molar-refractivity contribution in [2.45, 2.75) is 33.6 Å². The molecule has 1 heterocycles. The second-order valence-corrected chi connectivity index (χ2v) is 4.74. The standard InChI is InChI=1S/C16H20FN3/c1-4-14-11(3)19-15(20-16(14)18-5-2)10-12-7-6-8-13(17)9-12/h6-9H,4-5,10H2,1-3H3,(H,18,19,20). The highest BCUT2D eigenvalue weighted by Gasteiger charge is 2.10. The van der Waals surface area contributed by atoms with Gasteiger partial charge in [-0.05, 0) is 38.0 Å². The summed E-state index contributed by atoms with van der Waals surface area (Å²) in [5, 5.41) is 3.28. The Labute approximate surface area is 119 Å². The molecule has 3 nitrogen and oxygen atoms in total. The average molecular weight is 273 g/mol. The molecule has 0 spiro atoms. The zero-order chi connectivity index (χ0) is 14.5. The van der Waals surface area contributed by atoms with Crippen molar-refractivity contribution in [3.63, 3.8) is 0 Å². The third-order valence-electron chi connectivity index (χ3n) is 3.21. The lowest BCUT2D eigenvalue weighted by Gasteiger charge is -2.13. The summed E-state index contributed by atoms with van der Waals surface area (Å²) >= 11 is 0. The Hall–Kier alpha value is -1.97. The van der Waals surface area contributed by atoms with Crippen molar-refractivity contribution in [2.75, 3.05) is 11.9 Å². The van der Waals surface area contributed by atoms with Crippen LogP contribution in [0.2, 0.25) is 0 Å². The molecular weight excluding hydrogens is 253 g/mol. The summed E-state index contributed by atoms with van der Waals surface area (Å²) in [7, 11) is 0. The summed E-state index contributed by atoms with van der Waals surface area (Å²) in [4.78, 5) is 9.11. The molecule has 4 heteroatoms. The summed E-state index contributed by atoms with van der Waals surface area (Å²) in [5.41, 5.74) is 3.02. The maximum Gasteiger partial charge on any atom is 0.135 e. The van der Waals surface area contributed by atoms with Crippen molar-refractivity contribution in [1.82, 2.24) is 9.97 Å². The van der Waals surface area contributed by atoms with Gasteiger partial charge in [-0.1, -0.05) is 19.1 Å². The Kier molecular flexibility index (Phi) is 4.66. The van der Waals surface area contributed by atoms with Gasteiger partial charge < -0.3 is 5.32 Å². The number of hydrogen-bond donors (Lipinski definition) is 1. The average Bonchev–Trinajstić information content (AvgIpc) is 2.39. The van der Waals surface area contributed by atoms with Crippen molar-refractivity contribution >= 4 is 5.82 Å². The maximum atomic E-state index is 13.2. The van der Waals surface area contributed by atoms with E-state index >= 15 is 0 Å². The Morgan fingerprint density at radius 1 is 1.20 bits per heavy atom. The number of nitrogens with one attached hydrogen (secondary N) is 1. The van der Waals surface area contributed by atoms with Crippen LogP contribution in [0.4, 0.5) is 10.2 Å². The zero-order valence-corrected chi connectivity index (χ0v) is 12.2. The SMILES string of the molecule is CCNc1nc(Cc2cccc(F)c2)nc(C)c1CC. The lowest BCUT2D eigenvalue weighted by atomic mass is 10.1. The van der Waals surface area contributed by atoms with E-state index in [2.05, 4.69) is 22.2 Å². The van der Waals surface area contributed by atoms with Crippen molar-refractivity contribution in [3.05, 3.63) is 52.7 Å². The fraction of sp³-hybridized carbons (Fsp3) is 0.375. The first-order valence-corrected chi connectivity index (χ1v) is 6.98. The Morgan fingerprint density at radius 3 is 2.65 bits per heavy atom. The maximum absolute atomic E-state index is 13.2. The molecule has 2 aromatic rings. The van der Waals surface area contributed by atoms with Crippen molar-refractivity contribution in [3.8, 4) is 0 Å². The first kappa shape index (κ1) is 14.4. The fourth-order valence-corrected chi connectivity index (χ4v) is 2.30. The van der Waals surface area contributed by atoms with Gasteiger partial charge in [-0.2, -0.15) is 0 Å². The molecule has 1 aromatic heterocycles. The summed E-state index contributed by atoms with van der Waals surface area (Å²) in [6.45, 7) is 6.96. The van der Waals surface area contributed by atoms with Crippen molar-refractivity contribution in [2.24, 2.45) is 0 Å². The Balaban J connectivity index is 2.32. The molecule has 0 fully saturated rings. The van der Waals surface area contributed by atoms with Gasteiger partial charge in [-0.25, -0.2) is 14.4 Å². The van der Waals surface area contributed by atoms with Crippen LogP contribution in [0.3, 0.4) is 0 Å². The highest BCUT2D eigenvalue weighted by Crippen LogP contribution is 2.18. The van der Waals surface area contributed by atoms with E-state index in [-0.39, 0.29) is 5.82 Å². The van der Waals surface area contributed by atoms with E-state index in [9.17, 15) is 4.39 Å². The van der Waals surface area contributed by atoms with Gasteiger partial charge in [0, 0.05) is 24.2 Å². The van der Waals surface area contributed by atoms with Gasteiger partial charge in [0.15, 0.2) is 0 Å². The van der Waals surface area contributed by atoms with Crippen LogP contribution in [0.5, 0.6) is 0 Å². The largest absolute Gasteiger partial charge is 0.370 e. The quantitative estimate of drug-likeness (QED) is 0.906. The normalized spacial score (nSPS) is 10.6. The smallest absolute Gasteiger partial charge is 0.135 e. The topological polar surface area (TPSA) is 37.8 Å². The van der Waals surface area contributed by atoms with E-state index in [1.807, 2.05) is 19.9 Å². The minimum Gasteiger partial charge on any atom is -0.370 e. The van der Waals surface area contributed by atoms with Gasteiger partial charge in [0.1, 0.15) is 17.5 Å². The molecule has 0 aliphatic heterocycles. The first-order valence-electron chi connectivity index (χ1n) is 6.98. The summed E-state index contributed by atoms with van der Waals surface area (Å²) in [6, 6.07) is 6.57. The van der Waals surface area contributed by atoms with Crippen LogP contribution in [0.1, 0.15) is 36.5 Å². The van der Waals surface area contributed by atoms with Crippen molar-refractivity contribution < 1.29 is 4.39 Å². The fourth-order valence-electron chi connectivity index (χ4n) is 2.30. The molecule has 0 bridgehead atoms. The molecule has 0 amide bonds. The van der Waals surface area contributed by atoms with Crippen LogP contribution >= 0.6 is 0 Å². The molecule has 2 rings (SSSR count). The second-order valence-electron chi connectivity index (χ2n) is 4.74. The van der Waals surface area contributed by atoms with Crippen LogP contribution in [-0.2, 0) is 12.8 Å². The highest BCUT2D eigenvalue weighted by molar-refractivity contribution is 5.46. The van der Waals surface area contributed by atoms with Crippen molar-refractivity contribution in [1.29, 1.82) is 0 Å². The number of anilines is 1. The van der Waals surface area contributed by atoms with E-state index < -0.39 is 0 Å². The Bertz CT molecular complexity index is 596. The van der Waals surface area contributed by atoms with Crippen LogP contribution in [-0.4, -0.2) is 16.5 Å². The molecular formula is C16H20FN3. The molecule has 1 N–H and O–H groups in total. The van der Waals surface area contributed by atoms with Gasteiger partial charge in [-0.3, -0.25) is 0 Å². The van der Waals surface area contributed by atoms with E-state index in [1.54, 1.807) is 6.07 Å². The number of benzene rings is 1. The van der Waals surface area contributed by atoms with Gasteiger partial charge in [0.25, 0.3) is 0 Å². The third kappa shape index (κ3) is 3.32. The number of halogens is 1. The molecule has 0 saturated carbocycles. The third-order valence-corrected chi connectivity index (χ3v) is 3.21. The number of aryl methyl sites for hydroxylation is 1. The van der Waals surface area contributed by atoms with E-state index in [1.165, 1.54) is 12.1 Å². The van der Waals surface area contributed by atoms with Gasteiger partial charge in [-0.15, -0.1) is 0 Å². The van der Waals surface area contributed by atoms with E-state index in [4.69, 9.17) is 0 Å². The van der Waals surface area contributed by atoms with Gasteiger partial charge >= 0.3 is 0 Å². The highest BCUT2D eigenvalue weighted by atomic mass is 19.1. The van der Waals surface area contributed by atoms with Gasteiger partial charge in [0.05, 0.1) is 0 Å². The minimum atomic E-state index is -0.226. The molecule has 1 aromatic carbocycles. The van der Waals surface area contributed by atoms with Crippen LogP contribution in [0.15, 0.2) is 24.3 Å². The molecule has 0 aliphatic rings. The summed E-state index contributed by atoms with van der Waals surface area (Å²) in [6.07, 6.45) is 1.44. The van der Waals surface area contributed by atoms with Crippen LogP contribution in [0.25, 0.3) is 0 Å².